The van der Waals surface area contributed by atoms with Crippen molar-refractivity contribution in [1.29, 1.82) is 0 Å². The Kier molecular flexibility index (Phi) is 8.38. The summed E-state index contributed by atoms with van der Waals surface area (Å²) in [5.41, 5.74) is 6.98. The Hall–Kier alpha value is -5.02. The summed E-state index contributed by atoms with van der Waals surface area (Å²) in [4.78, 5) is 38.3. The minimum atomic E-state index is -0.153. The molecule has 0 saturated carbocycles. The average molecular weight is 588 g/mol. The maximum absolute atomic E-state index is 12.9. The van der Waals surface area contributed by atoms with Crippen LogP contribution in [-0.2, 0) is 11.3 Å². The first kappa shape index (κ1) is 29.1. The van der Waals surface area contributed by atoms with Crippen molar-refractivity contribution in [2.45, 2.75) is 33.2 Å². The van der Waals surface area contributed by atoms with Gasteiger partial charge in [0, 0.05) is 80.7 Å². The zero-order valence-electron chi connectivity index (χ0n) is 25.3. The number of amides is 2. The Morgan fingerprint density at radius 1 is 0.909 bits per heavy atom. The van der Waals surface area contributed by atoms with Crippen LogP contribution in [0.3, 0.4) is 0 Å². The topological polar surface area (TPSA) is 94.9 Å². The third-order valence-electron chi connectivity index (χ3n) is 8.07. The van der Waals surface area contributed by atoms with Crippen molar-refractivity contribution < 1.29 is 9.59 Å². The summed E-state index contributed by atoms with van der Waals surface area (Å²) in [7, 11) is 0. The standard InChI is InChI=1S/C35H37N7O2/c1-24(2)27-9-11-28(12-10-27)35(44)38-31-6-4-5-29(21-31)32-23-42-16-15-36-34(42)33(39-32)37-30-13-7-26(8-14-30)22-40-17-19-41(20-18-40)25(3)43/h4-16,21,23-24H,17-20,22H2,1-3H3,(H,37,39)(H,38,44). The highest BCUT2D eigenvalue weighted by Crippen LogP contribution is 2.27. The number of piperazine rings is 1. The van der Waals surface area contributed by atoms with Crippen LogP contribution in [0, 0.1) is 0 Å². The number of imidazole rings is 1. The summed E-state index contributed by atoms with van der Waals surface area (Å²) in [6.07, 6.45) is 5.59. The molecule has 1 fully saturated rings. The van der Waals surface area contributed by atoms with E-state index in [4.69, 9.17) is 4.98 Å². The molecule has 1 saturated heterocycles. The molecule has 5 aromatic rings. The van der Waals surface area contributed by atoms with E-state index in [1.54, 1.807) is 13.1 Å². The second-order valence-corrected chi connectivity index (χ2v) is 11.5. The zero-order valence-corrected chi connectivity index (χ0v) is 25.3. The highest BCUT2D eigenvalue weighted by molar-refractivity contribution is 6.04. The van der Waals surface area contributed by atoms with Gasteiger partial charge >= 0.3 is 0 Å². The third kappa shape index (κ3) is 6.63. The van der Waals surface area contributed by atoms with Gasteiger partial charge in [-0.2, -0.15) is 0 Å². The van der Waals surface area contributed by atoms with E-state index in [2.05, 4.69) is 58.6 Å². The van der Waals surface area contributed by atoms with Crippen LogP contribution in [0.4, 0.5) is 17.2 Å². The van der Waals surface area contributed by atoms with Gasteiger partial charge in [0.25, 0.3) is 5.91 Å². The van der Waals surface area contributed by atoms with Crippen LogP contribution < -0.4 is 10.6 Å². The van der Waals surface area contributed by atoms with Gasteiger partial charge in [-0.05, 0) is 53.4 Å². The molecule has 2 amide bonds. The largest absolute Gasteiger partial charge is 0.340 e. The summed E-state index contributed by atoms with van der Waals surface area (Å²) < 4.78 is 1.95. The number of aromatic nitrogens is 3. The van der Waals surface area contributed by atoms with Crippen molar-refractivity contribution in [3.05, 3.63) is 108 Å². The first-order valence-electron chi connectivity index (χ1n) is 15.0. The fraction of sp³-hybridized carbons (Fsp3) is 0.257. The van der Waals surface area contributed by atoms with Crippen molar-refractivity contribution in [2.75, 3.05) is 36.8 Å². The molecule has 3 heterocycles. The Morgan fingerprint density at radius 2 is 1.66 bits per heavy atom. The number of benzene rings is 3. The lowest BCUT2D eigenvalue weighted by atomic mass is 10.0. The number of nitrogens with one attached hydrogen (secondary N) is 2. The van der Waals surface area contributed by atoms with Crippen molar-refractivity contribution in [3.8, 4) is 11.3 Å². The Morgan fingerprint density at radius 3 is 2.36 bits per heavy atom. The molecule has 9 nitrogen and oxygen atoms in total. The summed E-state index contributed by atoms with van der Waals surface area (Å²) >= 11 is 0. The highest BCUT2D eigenvalue weighted by atomic mass is 16.2. The van der Waals surface area contributed by atoms with Crippen LogP contribution in [0.1, 0.15) is 48.2 Å². The Bertz CT molecular complexity index is 1770. The maximum atomic E-state index is 12.9. The van der Waals surface area contributed by atoms with Gasteiger partial charge in [-0.25, -0.2) is 9.97 Å². The van der Waals surface area contributed by atoms with E-state index in [1.807, 2.05) is 70.2 Å². The normalized spacial score (nSPS) is 13.8. The van der Waals surface area contributed by atoms with Crippen LogP contribution in [0.25, 0.3) is 16.9 Å². The van der Waals surface area contributed by atoms with Gasteiger partial charge in [-0.15, -0.1) is 0 Å². The molecule has 0 radical (unpaired) electrons. The Labute approximate surface area is 257 Å². The minimum Gasteiger partial charge on any atom is -0.340 e. The summed E-state index contributed by atoms with van der Waals surface area (Å²) in [6.45, 7) is 10.1. The molecule has 2 aromatic heterocycles. The molecule has 2 N–H and O–H groups in total. The lowest BCUT2D eigenvalue weighted by Gasteiger charge is -2.34. The predicted octanol–water partition coefficient (Wildman–Crippen LogP) is 6.18. The molecule has 3 aromatic carbocycles. The van der Waals surface area contributed by atoms with Crippen LogP contribution in [0.5, 0.6) is 0 Å². The number of carbonyl (C=O) groups is 2. The van der Waals surface area contributed by atoms with Crippen LogP contribution in [-0.4, -0.2) is 62.2 Å². The predicted molar refractivity (Wildman–Crippen MR) is 174 cm³/mol. The monoisotopic (exact) mass is 587 g/mol. The molecule has 0 aliphatic carbocycles. The van der Waals surface area contributed by atoms with E-state index in [1.165, 1.54) is 11.1 Å². The maximum Gasteiger partial charge on any atom is 0.255 e. The minimum absolute atomic E-state index is 0.145. The molecule has 0 unspecified atom stereocenters. The van der Waals surface area contributed by atoms with Crippen molar-refractivity contribution in [1.82, 2.24) is 24.2 Å². The highest BCUT2D eigenvalue weighted by Gasteiger charge is 2.18. The van der Waals surface area contributed by atoms with E-state index < -0.39 is 0 Å². The molecule has 0 bridgehead atoms. The van der Waals surface area contributed by atoms with Crippen molar-refractivity contribution in [2.24, 2.45) is 0 Å². The Balaban J connectivity index is 1.16. The number of carbonyl (C=O) groups excluding carboxylic acids is 2. The van der Waals surface area contributed by atoms with Gasteiger partial charge in [0.2, 0.25) is 5.91 Å². The van der Waals surface area contributed by atoms with Gasteiger partial charge in [0.05, 0.1) is 5.69 Å². The third-order valence-corrected chi connectivity index (χ3v) is 8.07. The second-order valence-electron chi connectivity index (χ2n) is 11.5. The van der Waals surface area contributed by atoms with Crippen LogP contribution in [0.2, 0.25) is 0 Å². The average Bonchev–Trinajstić information content (AvgIpc) is 3.52. The van der Waals surface area contributed by atoms with Gasteiger partial charge in [-0.3, -0.25) is 14.5 Å². The van der Waals surface area contributed by atoms with Crippen molar-refractivity contribution >= 4 is 34.7 Å². The summed E-state index contributed by atoms with van der Waals surface area (Å²) in [5.74, 6) is 1.04. The molecule has 1 aliphatic rings. The van der Waals surface area contributed by atoms with E-state index in [-0.39, 0.29) is 11.8 Å². The molecule has 6 rings (SSSR count). The summed E-state index contributed by atoms with van der Waals surface area (Å²) in [5, 5.41) is 6.47. The number of hydrogen-bond acceptors (Lipinski definition) is 6. The first-order chi connectivity index (χ1) is 21.3. The fourth-order valence-electron chi connectivity index (χ4n) is 5.44. The molecule has 9 heteroatoms. The van der Waals surface area contributed by atoms with E-state index in [9.17, 15) is 9.59 Å². The smallest absolute Gasteiger partial charge is 0.255 e. The molecule has 0 spiro atoms. The first-order valence-corrected chi connectivity index (χ1v) is 15.0. The number of fused-ring (bicyclic) bond motifs is 1. The molecule has 1 aliphatic heterocycles. The van der Waals surface area contributed by atoms with Gasteiger partial charge in [-0.1, -0.05) is 50.2 Å². The number of rotatable bonds is 8. The fourth-order valence-corrected chi connectivity index (χ4v) is 5.44. The van der Waals surface area contributed by atoms with E-state index >= 15 is 0 Å². The number of nitrogens with zero attached hydrogens (tertiary/aromatic N) is 5. The number of anilines is 3. The number of hydrogen-bond donors (Lipinski definition) is 2. The van der Waals surface area contributed by atoms with Crippen LogP contribution >= 0.6 is 0 Å². The van der Waals surface area contributed by atoms with Gasteiger partial charge in [0.1, 0.15) is 0 Å². The van der Waals surface area contributed by atoms with Crippen molar-refractivity contribution in [3.63, 3.8) is 0 Å². The zero-order chi connectivity index (χ0) is 30.6. The van der Waals surface area contributed by atoms with Crippen LogP contribution in [0.15, 0.2) is 91.4 Å². The molecule has 44 heavy (non-hydrogen) atoms. The van der Waals surface area contributed by atoms with E-state index in [0.717, 1.165) is 55.3 Å². The molecular weight excluding hydrogens is 550 g/mol. The lowest BCUT2D eigenvalue weighted by Crippen LogP contribution is -2.47. The second kappa shape index (κ2) is 12.7. The molecular formula is C35H37N7O2. The summed E-state index contributed by atoms with van der Waals surface area (Å²) in [6, 6.07) is 23.8. The SMILES string of the molecule is CC(=O)N1CCN(Cc2ccc(Nc3nc(-c4cccc(NC(=O)c5ccc(C(C)C)cc5)c4)cn4ccnc34)cc2)CC1. The van der Waals surface area contributed by atoms with Gasteiger partial charge in [0.15, 0.2) is 11.5 Å². The lowest BCUT2D eigenvalue weighted by molar-refractivity contribution is -0.130. The quantitative estimate of drug-likeness (QED) is 0.225. The molecule has 0 atom stereocenters. The van der Waals surface area contributed by atoms with Gasteiger partial charge < -0.3 is 19.9 Å². The molecule has 224 valence electrons. The van der Waals surface area contributed by atoms with E-state index in [0.29, 0.717) is 23.0 Å².